The molecule has 0 unspecified atom stereocenters. The molecule has 0 aliphatic carbocycles. The molecule has 0 radical (unpaired) electrons. The summed E-state index contributed by atoms with van der Waals surface area (Å²) in [7, 11) is -3.84. The predicted molar refractivity (Wildman–Crippen MR) is 98.7 cm³/mol. The van der Waals surface area contributed by atoms with Crippen molar-refractivity contribution in [3.8, 4) is 0 Å². The number of hydrogen-bond acceptors (Lipinski definition) is 3. The highest BCUT2D eigenvalue weighted by molar-refractivity contribution is 9.10. The van der Waals surface area contributed by atoms with Gasteiger partial charge in [0, 0.05) is 4.47 Å². The summed E-state index contributed by atoms with van der Waals surface area (Å²) in [6.07, 6.45) is 0. The van der Waals surface area contributed by atoms with Crippen LogP contribution >= 0.6 is 15.9 Å². The second-order valence-corrected chi connectivity index (χ2v) is 8.35. The summed E-state index contributed by atoms with van der Waals surface area (Å²) < 4.78 is 39.2. The van der Waals surface area contributed by atoms with Gasteiger partial charge in [0.2, 0.25) is 5.91 Å². The molecular weight excluding hydrogens is 409 g/mol. The normalized spacial score (nSPS) is 11.4. The molecule has 25 heavy (non-hydrogen) atoms. The summed E-state index contributed by atoms with van der Waals surface area (Å²) in [5.74, 6) is -2.21. The van der Waals surface area contributed by atoms with Crippen LogP contribution in [-0.4, -0.2) is 20.1 Å². The van der Waals surface area contributed by atoms with E-state index in [0.29, 0.717) is 4.47 Å². The zero-order chi connectivity index (χ0) is 18.0. The van der Waals surface area contributed by atoms with E-state index in [1.165, 1.54) is 24.3 Å². The highest BCUT2D eigenvalue weighted by Gasteiger charge is 2.20. The van der Waals surface area contributed by atoms with Crippen LogP contribution in [0.15, 0.2) is 70.0 Å². The average molecular weight is 422 g/mol. The number of rotatable bonds is 4. The third-order valence-electron chi connectivity index (χ3n) is 3.61. The van der Waals surface area contributed by atoms with Gasteiger partial charge in [0.15, 0.2) is 9.84 Å². The maximum absolute atomic E-state index is 13.7. The van der Waals surface area contributed by atoms with Crippen molar-refractivity contribution in [3.63, 3.8) is 0 Å². The number of anilines is 1. The molecule has 0 saturated heterocycles. The first-order chi connectivity index (χ1) is 11.8. The van der Waals surface area contributed by atoms with Crippen molar-refractivity contribution >= 4 is 48.1 Å². The number of benzene rings is 3. The molecule has 0 atom stereocenters. The van der Waals surface area contributed by atoms with E-state index in [-0.39, 0.29) is 10.6 Å². The highest BCUT2D eigenvalue weighted by Crippen LogP contribution is 2.21. The summed E-state index contributed by atoms with van der Waals surface area (Å²) in [6, 6.07) is 16.1. The van der Waals surface area contributed by atoms with Crippen LogP contribution in [0.2, 0.25) is 0 Å². The SMILES string of the molecule is O=C(CS(=O)(=O)c1ccc2ccccc2c1)Nc1ccc(Br)cc1F. The van der Waals surface area contributed by atoms with Gasteiger partial charge in [-0.3, -0.25) is 4.79 Å². The van der Waals surface area contributed by atoms with Gasteiger partial charge in [-0.2, -0.15) is 0 Å². The zero-order valence-corrected chi connectivity index (χ0v) is 15.3. The minimum Gasteiger partial charge on any atom is -0.323 e. The molecule has 3 aromatic carbocycles. The lowest BCUT2D eigenvalue weighted by atomic mass is 10.1. The van der Waals surface area contributed by atoms with Crippen molar-refractivity contribution in [1.82, 2.24) is 0 Å². The van der Waals surface area contributed by atoms with Gasteiger partial charge in [-0.25, -0.2) is 12.8 Å². The van der Waals surface area contributed by atoms with Crippen molar-refractivity contribution in [3.05, 3.63) is 71.0 Å². The minimum atomic E-state index is -3.84. The summed E-state index contributed by atoms with van der Waals surface area (Å²) >= 11 is 3.11. The Balaban J connectivity index is 1.81. The van der Waals surface area contributed by atoms with Gasteiger partial charge in [-0.1, -0.05) is 46.3 Å². The van der Waals surface area contributed by atoms with Crippen LogP contribution in [0.4, 0.5) is 10.1 Å². The summed E-state index contributed by atoms with van der Waals surface area (Å²) in [5.41, 5.74) is -0.0677. The third kappa shape index (κ3) is 4.05. The Morgan fingerprint density at radius 2 is 1.72 bits per heavy atom. The van der Waals surface area contributed by atoms with Crippen LogP contribution in [0.3, 0.4) is 0 Å². The Morgan fingerprint density at radius 3 is 2.44 bits per heavy atom. The van der Waals surface area contributed by atoms with Crippen molar-refractivity contribution in [2.24, 2.45) is 0 Å². The molecule has 0 aliphatic heterocycles. The second kappa shape index (κ2) is 6.93. The predicted octanol–water partition coefficient (Wildman–Crippen LogP) is 4.15. The van der Waals surface area contributed by atoms with Gasteiger partial charge in [-0.05, 0) is 41.1 Å². The van der Waals surface area contributed by atoms with E-state index in [9.17, 15) is 17.6 Å². The first-order valence-corrected chi connectivity index (χ1v) is 9.76. The zero-order valence-electron chi connectivity index (χ0n) is 12.9. The standard InChI is InChI=1S/C18H13BrFNO3S/c19-14-6-8-17(16(20)10-14)21-18(22)11-25(23,24)15-7-5-12-3-1-2-4-13(12)9-15/h1-10H,11H2,(H,21,22). The van der Waals surface area contributed by atoms with Crippen LogP contribution in [0.5, 0.6) is 0 Å². The lowest BCUT2D eigenvalue weighted by Crippen LogP contribution is -2.23. The van der Waals surface area contributed by atoms with Crippen LogP contribution < -0.4 is 5.32 Å². The Morgan fingerprint density at radius 1 is 1.00 bits per heavy atom. The fourth-order valence-electron chi connectivity index (χ4n) is 2.39. The van der Waals surface area contributed by atoms with Crippen molar-refractivity contribution in [2.75, 3.05) is 11.1 Å². The number of halogens is 2. The van der Waals surface area contributed by atoms with Crippen LogP contribution in [-0.2, 0) is 14.6 Å². The molecule has 0 bridgehead atoms. The first kappa shape index (κ1) is 17.6. The molecule has 0 heterocycles. The highest BCUT2D eigenvalue weighted by atomic mass is 79.9. The van der Waals surface area contributed by atoms with Crippen molar-refractivity contribution in [1.29, 1.82) is 0 Å². The minimum absolute atomic E-state index is 0.0534. The summed E-state index contributed by atoms with van der Waals surface area (Å²) in [4.78, 5) is 12.1. The van der Waals surface area contributed by atoms with E-state index in [1.807, 2.05) is 18.2 Å². The average Bonchev–Trinajstić information content (AvgIpc) is 2.56. The van der Waals surface area contributed by atoms with E-state index >= 15 is 0 Å². The van der Waals surface area contributed by atoms with E-state index < -0.39 is 27.3 Å². The number of nitrogens with one attached hydrogen (secondary N) is 1. The lowest BCUT2D eigenvalue weighted by Gasteiger charge is -2.08. The summed E-state index contributed by atoms with van der Waals surface area (Å²) in [6.45, 7) is 0. The van der Waals surface area contributed by atoms with E-state index in [2.05, 4.69) is 21.2 Å². The number of amides is 1. The molecule has 4 nitrogen and oxygen atoms in total. The number of sulfone groups is 1. The lowest BCUT2D eigenvalue weighted by molar-refractivity contribution is -0.113. The van der Waals surface area contributed by atoms with Gasteiger partial charge in [0.1, 0.15) is 11.6 Å². The monoisotopic (exact) mass is 421 g/mol. The summed E-state index contributed by atoms with van der Waals surface area (Å²) in [5, 5.41) is 3.96. The van der Waals surface area contributed by atoms with Crippen molar-refractivity contribution < 1.29 is 17.6 Å². The molecule has 0 spiro atoms. The smallest absolute Gasteiger partial charge is 0.240 e. The number of fused-ring (bicyclic) bond motifs is 1. The molecule has 0 aliphatic rings. The van der Waals surface area contributed by atoms with Gasteiger partial charge in [0.25, 0.3) is 0 Å². The molecule has 3 aromatic rings. The molecule has 0 aromatic heterocycles. The van der Waals surface area contributed by atoms with Crippen LogP contribution in [0, 0.1) is 5.82 Å². The van der Waals surface area contributed by atoms with Gasteiger partial charge >= 0.3 is 0 Å². The number of carbonyl (C=O) groups is 1. The fraction of sp³-hybridized carbons (Fsp3) is 0.0556. The maximum Gasteiger partial charge on any atom is 0.240 e. The van der Waals surface area contributed by atoms with E-state index in [1.54, 1.807) is 18.2 Å². The Kier molecular flexibility index (Phi) is 4.87. The van der Waals surface area contributed by atoms with E-state index in [0.717, 1.165) is 10.8 Å². The van der Waals surface area contributed by atoms with Gasteiger partial charge < -0.3 is 5.32 Å². The quantitative estimate of drug-likeness (QED) is 0.687. The molecule has 0 fully saturated rings. The molecular formula is C18H13BrFNO3S. The molecule has 1 N–H and O–H groups in total. The second-order valence-electron chi connectivity index (χ2n) is 5.44. The van der Waals surface area contributed by atoms with Crippen LogP contribution in [0.25, 0.3) is 10.8 Å². The number of hydrogen-bond donors (Lipinski definition) is 1. The van der Waals surface area contributed by atoms with E-state index in [4.69, 9.17) is 0 Å². The van der Waals surface area contributed by atoms with Crippen LogP contribution in [0.1, 0.15) is 0 Å². The van der Waals surface area contributed by atoms with Gasteiger partial charge in [-0.15, -0.1) is 0 Å². The molecule has 128 valence electrons. The first-order valence-electron chi connectivity index (χ1n) is 7.32. The topological polar surface area (TPSA) is 63.2 Å². The Labute approximate surface area is 152 Å². The molecule has 0 saturated carbocycles. The molecule has 1 amide bonds. The number of carbonyl (C=O) groups excluding carboxylic acids is 1. The maximum atomic E-state index is 13.7. The Bertz CT molecular complexity index is 1070. The molecule has 3 rings (SSSR count). The third-order valence-corrected chi connectivity index (χ3v) is 5.71. The Hall–Kier alpha value is -2.25. The largest absolute Gasteiger partial charge is 0.323 e. The van der Waals surface area contributed by atoms with Gasteiger partial charge in [0.05, 0.1) is 10.6 Å². The van der Waals surface area contributed by atoms with Crippen molar-refractivity contribution in [2.45, 2.75) is 4.90 Å². The fourth-order valence-corrected chi connectivity index (χ4v) is 3.89. The molecule has 7 heteroatoms.